The maximum Gasteiger partial charge on any atom is 0.274 e. The van der Waals surface area contributed by atoms with Crippen molar-refractivity contribution in [1.29, 1.82) is 0 Å². The highest BCUT2D eigenvalue weighted by atomic mass is 16.5. The summed E-state index contributed by atoms with van der Waals surface area (Å²) in [6.07, 6.45) is 6.15. The topological polar surface area (TPSA) is 75.5 Å². The fraction of sp³-hybridized carbons (Fsp3) is 0.227. The summed E-state index contributed by atoms with van der Waals surface area (Å²) < 4.78 is 7.18. The number of ether oxygens (including phenoxy) is 1. The molecule has 0 saturated carbocycles. The van der Waals surface area contributed by atoms with Crippen molar-refractivity contribution in [3.63, 3.8) is 0 Å². The van der Waals surface area contributed by atoms with Crippen LogP contribution in [0.15, 0.2) is 55.1 Å². The number of nitrogens with zero attached hydrogens (tertiary/aromatic N) is 4. The summed E-state index contributed by atoms with van der Waals surface area (Å²) in [5, 5.41) is 0. The van der Waals surface area contributed by atoms with Gasteiger partial charge in [-0.1, -0.05) is 18.2 Å². The number of aromatic amines is 1. The highest BCUT2D eigenvalue weighted by Gasteiger charge is 2.35. The maximum atomic E-state index is 13.5. The summed E-state index contributed by atoms with van der Waals surface area (Å²) in [6.45, 7) is 2.59. The van der Waals surface area contributed by atoms with Crippen molar-refractivity contribution >= 4 is 11.6 Å². The van der Waals surface area contributed by atoms with Crippen LogP contribution in [0.5, 0.6) is 5.75 Å². The van der Waals surface area contributed by atoms with E-state index in [1.807, 2.05) is 58.8 Å². The average molecular weight is 387 g/mol. The molecule has 4 aromatic rings. The van der Waals surface area contributed by atoms with E-state index in [1.54, 1.807) is 19.6 Å². The number of hydrogen-bond donors (Lipinski definition) is 1. The molecule has 7 heteroatoms. The van der Waals surface area contributed by atoms with E-state index in [4.69, 9.17) is 4.74 Å². The minimum atomic E-state index is -0.269. The molecule has 0 saturated heterocycles. The first-order valence-electron chi connectivity index (χ1n) is 9.57. The van der Waals surface area contributed by atoms with E-state index in [0.29, 0.717) is 12.2 Å². The molecule has 0 fully saturated rings. The predicted molar refractivity (Wildman–Crippen MR) is 108 cm³/mol. The van der Waals surface area contributed by atoms with Crippen LogP contribution >= 0.6 is 0 Å². The normalized spacial score (nSPS) is 16.1. The van der Waals surface area contributed by atoms with Gasteiger partial charge in [0.15, 0.2) is 0 Å². The fourth-order valence-corrected chi connectivity index (χ4v) is 4.02. The molecule has 146 valence electrons. The number of H-pyrrole nitrogens is 1. The van der Waals surface area contributed by atoms with E-state index >= 15 is 0 Å². The van der Waals surface area contributed by atoms with Crippen LogP contribution in [-0.2, 0) is 6.42 Å². The van der Waals surface area contributed by atoms with Gasteiger partial charge in [0.1, 0.15) is 23.1 Å². The Kier molecular flexibility index (Phi) is 4.08. The SMILES string of the molecule is COc1ccc(C2c3nc[nH]c3CCN2C(=O)c2cn3cccc(C)c3n2)cc1. The number of benzene rings is 1. The lowest BCUT2D eigenvalue weighted by molar-refractivity contribution is 0.0685. The van der Waals surface area contributed by atoms with E-state index in [2.05, 4.69) is 15.0 Å². The molecule has 0 aliphatic carbocycles. The zero-order chi connectivity index (χ0) is 20.0. The molecule has 5 rings (SSSR count). The first kappa shape index (κ1) is 17.5. The molecule has 1 aliphatic rings. The van der Waals surface area contributed by atoms with Crippen molar-refractivity contribution in [3.8, 4) is 5.75 Å². The molecule has 1 aliphatic heterocycles. The van der Waals surface area contributed by atoms with Crippen molar-refractivity contribution in [3.05, 3.63) is 83.3 Å². The number of fused-ring (bicyclic) bond motifs is 2. The number of hydrogen-bond acceptors (Lipinski definition) is 4. The van der Waals surface area contributed by atoms with Crippen molar-refractivity contribution in [2.45, 2.75) is 19.4 Å². The standard InChI is InChI=1S/C22H21N5O2/c1-14-4-3-10-26-12-18(25-21(14)26)22(28)27-11-9-17-19(24-13-23-17)20(27)15-5-7-16(29-2)8-6-15/h3-8,10,12-13,20H,9,11H2,1-2H3,(H,23,24). The first-order chi connectivity index (χ1) is 14.2. The molecular weight excluding hydrogens is 366 g/mol. The lowest BCUT2D eigenvalue weighted by Gasteiger charge is -2.35. The van der Waals surface area contributed by atoms with E-state index in [9.17, 15) is 4.79 Å². The number of carbonyl (C=O) groups is 1. The summed E-state index contributed by atoms with van der Waals surface area (Å²) in [7, 11) is 1.64. The number of carbonyl (C=O) groups excluding carboxylic acids is 1. The number of pyridine rings is 1. The second-order valence-electron chi connectivity index (χ2n) is 7.24. The summed E-state index contributed by atoms with van der Waals surface area (Å²) in [5.74, 6) is 0.683. The third-order valence-electron chi connectivity index (χ3n) is 5.51. The zero-order valence-electron chi connectivity index (χ0n) is 16.3. The number of aromatic nitrogens is 4. The van der Waals surface area contributed by atoms with Gasteiger partial charge in [0, 0.05) is 31.1 Å². The van der Waals surface area contributed by atoms with Gasteiger partial charge in [0.2, 0.25) is 0 Å². The molecule has 1 N–H and O–H groups in total. The van der Waals surface area contributed by atoms with Crippen LogP contribution in [0, 0.1) is 6.92 Å². The Morgan fingerprint density at radius 3 is 2.83 bits per heavy atom. The quantitative estimate of drug-likeness (QED) is 0.586. The Hall–Kier alpha value is -3.61. The molecule has 4 heterocycles. The molecule has 0 radical (unpaired) electrons. The number of methoxy groups -OCH3 is 1. The molecule has 1 unspecified atom stereocenters. The Morgan fingerprint density at radius 1 is 1.24 bits per heavy atom. The molecule has 0 bridgehead atoms. The van der Waals surface area contributed by atoms with Gasteiger partial charge in [-0.15, -0.1) is 0 Å². The van der Waals surface area contributed by atoms with Crippen LogP contribution in [0.4, 0.5) is 0 Å². The van der Waals surface area contributed by atoms with Gasteiger partial charge in [-0.25, -0.2) is 9.97 Å². The van der Waals surface area contributed by atoms with E-state index in [-0.39, 0.29) is 11.9 Å². The van der Waals surface area contributed by atoms with Gasteiger partial charge >= 0.3 is 0 Å². The second-order valence-corrected chi connectivity index (χ2v) is 7.24. The molecule has 0 spiro atoms. The Labute approximate surface area is 168 Å². The monoisotopic (exact) mass is 387 g/mol. The Bertz CT molecular complexity index is 1190. The van der Waals surface area contributed by atoms with Crippen molar-refractivity contribution in [1.82, 2.24) is 24.3 Å². The van der Waals surface area contributed by atoms with Gasteiger partial charge in [-0.05, 0) is 36.2 Å². The summed E-state index contributed by atoms with van der Waals surface area (Å²) in [5.41, 5.74) is 5.22. The fourth-order valence-electron chi connectivity index (χ4n) is 4.02. The molecule has 1 atom stereocenters. The van der Waals surface area contributed by atoms with Gasteiger partial charge < -0.3 is 19.0 Å². The Morgan fingerprint density at radius 2 is 2.07 bits per heavy atom. The minimum absolute atomic E-state index is 0.0948. The largest absolute Gasteiger partial charge is 0.497 e. The second kappa shape index (κ2) is 6.77. The molecule has 7 nitrogen and oxygen atoms in total. The van der Waals surface area contributed by atoms with Crippen molar-refractivity contribution in [2.24, 2.45) is 0 Å². The Balaban J connectivity index is 1.57. The van der Waals surface area contributed by atoms with Gasteiger partial charge in [-0.3, -0.25) is 4.79 Å². The molecule has 29 heavy (non-hydrogen) atoms. The third-order valence-corrected chi connectivity index (χ3v) is 5.51. The van der Waals surface area contributed by atoms with Crippen LogP contribution in [0.3, 0.4) is 0 Å². The van der Waals surface area contributed by atoms with Crippen LogP contribution in [0.1, 0.15) is 39.0 Å². The molecule has 1 amide bonds. The number of amides is 1. The van der Waals surface area contributed by atoms with Crippen LogP contribution in [0.2, 0.25) is 0 Å². The van der Waals surface area contributed by atoms with Crippen LogP contribution in [0.25, 0.3) is 5.65 Å². The van der Waals surface area contributed by atoms with Crippen LogP contribution < -0.4 is 4.74 Å². The molecule has 1 aromatic carbocycles. The minimum Gasteiger partial charge on any atom is -0.497 e. The summed E-state index contributed by atoms with van der Waals surface area (Å²) in [6, 6.07) is 11.5. The zero-order valence-corrected chi connectivity index (χ0v) is 16.3. The summed E-state index contributed by atoms with van der Waals surface area (Å²) >= 11 is 0. The van der Waals surface area contributed by atoms with Gasteiger partial charge in [-0.2, -0.15) is 0 Å². The maximum absolute atomic E-state index is 13.5. The highest BCUT2D eigenvalue weighted by molar-refractivity contribution is 5.93. The first-order valence-corrected chi connectivity index (χ1v) is 9.57. The number of rotatable bonds is 3. The van der Waals surface area contributed by atoms with Crippen LogP contribution in [-0.4, -0.2) is 43.8 Å². The average Bonchev–Trinajstić information content (AvgIpc) is 3.40. The number of imidazole rings is 2. The van der Waals surface area contributed by atoms with Gasteiger partial charge in [0.05, 0.1) is 19.1 Å². The number of aryl methyl sites for hydroxylation is 1. The number of nitrogens with one attached hydrogen (secondary N) is 1. The summed E-state index contributed by atoms with van der Waals surface area (Å²) in [4.78, 5) is 27.7. The highest BCUT2D eigenvalue weighted by Crippen LogP contribution is 2.35. The van der Waals surface area contributed by atoms with Crippen molar-refractivity contribution in [2.75, 3.05) is 13.7 Å². The van der Waals surface area contributed by atoms with Crippen molar-refractivity contribution < 1.29 is 9.53 Å². The molecule has 3 aromatic heterocycles. The molecular formula is C22H21N5O2. The lowest BCUT2D eigenvalue weighted by Crippen LogP contribution is -2.41. The van der Waals surface area contributed by atoms with Gasteiger partial charge in [0.25, 0.3) is 5.91 Å². The lowest BCUT2D eigenvalue weighted by atomic mass is 9.95. The van der Waals surface area contributed by atoms with E-state index in [0.717, 1.165) is 40.3 Å². The predicted octanol–water partition coefficient (Wildman–Crippen LogP) is 3.16. The van der Waals surface area contributed by atoms with E-state index < -0.39 is 0 Å². The third kappa shape index (κ3) is 2.86. The smallest absolute Gasteiger partial charge is 0.274 e. The van der Waals surface area contributed by atoms with E-state index in [1.165, 1.54) is 0 Å².